The second kappa shape index (κ2) is 5.02. The Balaban J connectivity index is 1.43. The lowest BCUT2D eigenvalue weighted by atomic mass is 9.16. The van der Waals surface area contributed by atoms with Gasteiger partial charge >= 0.3 is 26.2 Å². The van der Waals surface area contributed by atoms with E-state index in [-0.39, 0.29) is 54.0 Å². The quantitative estimate of drug-likeness (QED) is 0.696. The van der Waals surface area contributed by atoms with Crippen molar-refractivity contribution in [3.63, 3.8) is 0 Å². The summed E-state index contributed by atoms with van der Waals surface area (Å²) in [6, 6.07) is 0. The molecule has 0 aromatic heterocycles. The van der Waals surface area contributed by atoms with E-state index < -0.39 is 7.12 Å². The van der Waals surface area contributed by atoms with Crippen molar-refractivity contribution in [2.75, 3.05) is 20.1 Å². The van der Waals surface area contributed by atoms with E-state index >= 15 is 0 Å². The minimum Gasteiger partial charge on any atom is -0.498 e. The normalized spacial score (nSPS) is 39.7. The Labute approximate surface area is 149 Å². The Morgan fingerprint density at radius 1 is 0.800 bits per heavy atom. The molecule has 5 fully saturated rings. The molecule has 5 aliphatic rings. The van der Waals surface area contributed by atoms with Crippen LogP contribution in [0.25, 0.3) is 0 Å². The highest BCUT2D eigenvalue weighted by atomic mass is 16.7. The first-order chi connectivity index (χ1) is 11.5. The number of nitrogens with zero attached hydrogens (tertiary/aromatic N) is 1. The molecule has 2 heterocycles. The molecular weight excluding hydrogens is 324 g/mol. The van der Waals surface area contributed by atoms with Crippen molar-refractivity contribution in [2.24, 2.45) is 0 Å². The first-order valence-electron chi connectivity index (χ1n) is 8.90. The van der Waals surface area contributed by atoms with Crippen molar-refractivity contribution < 1.29 is 28.2 Å². The average Bonchev–Trinajstić information content (AvgIpc) is 2.51. The van der Waals surface area contributed by atoms with Crippen molar-refractivity contribution in [1.29, 1.82) is 0 Å². The summed E-state index contributed by atoms with van der Waals surface area (Å²) >= 11 is 0. The van der Waals surface area contributed by atoms with Crippen molar-refractivity contribution >= 4 is 26.2 Å². The molecule has 2 aliphatic heterocycles. The molecule has 5 rings (SSSR count). The fourth-order valence-electron chi connectivity index (χ4n) is 4.63. The van der Waals surface area contributed by atoms with Crippen LogP contribution in [0, 0.1) is 0 Å². The number of carbonyl (C=O) groups excluding carboxylic acids is 2. The summed E-state index contributed by atoms with van der Waals surface area (Å²) in [5, 5.41) is -0.326. The molecule has 7 nitrogen and oxygen atoms in total. The molecule has 0 amide bonds. The van der Waals surface area contributed by atoms with Gasteiger partial charge in [-0.3, -0.25) is 14.5 Å². The van der Waals surface area contributed by atoms with Crippen molar-refractivity contribution in [2.45, 2.75) is 68.8 Å². The van der Waals surface area contributed by atoms with E-state index in [9.17, 15) is 9.59 Å². The maximum atomic E-state index is 12.0. The predicted molar refractivity (Wildman–Crippen MR) is 90.8 cm³/mol. The SMILES string of the molecule is CN1CC(=O)OB(C23CC(B4OC(C)(C)C(C)(C)O4)(C2)C3)OC(=O)C1. The summed E-state index contributed by atoms with van der Waals surface area (Å²) in [5.41, 5.74) is -0.714. The van der Waals surface area contributed by atoms with Crippen molar-refractivity contribution in [3.05, 3.63) is 0 Å². The van der Waals surface area contributed by atoms with Gasteiger partial charge in [0, 0.05) is 10.6 Å². The van der Waals surface area contributed by atoms with E-state index in [2.05, 4.69) is 0 Å². The molecule has 25 heavy (non-hydrogen) atoms. The fraction of sp³-hybridized carbons (Fsp3) is 0.875. The highest BCUT2D eigenvalue weighted by molar-refractivity contribution is 6.59. The van der Waals surface area contributed by atoms with Crippen LogP contribution in [0.2, 0.25) is 10.6 Å². The van der Waals surface area contributed by atoms with Gasteiger partial charge in [0.05, 0.1) is 24.3 Å². The van der Waals surface area contributed by atoms with Gasteiger partial charge in [0.2, 0.25) is 0 Å². The average molecular weight is 349 g/mol. The van der Waals surface area contributed by atoms with Crippen LogP contribution in [-0.4, -0.2) is 62.4 Å². The van der Waals surface area contributed by atoms with E-state index in [1.54, 1.807) is 11.9 Å². The Morgan fingerprint density at radius 3 is 1.64 bits per heavy atom. The Hall–Kier alpha value is -1.05. The maximum absolute atomic E-state index is 12.0. The number of rotatable bonds is 2. The summed E-state index contributed by atoms with van der Waals surface area (Å²) in [6.45, 7) is 8.38. The highest BCUT2D eigenvalue weighted by Crippen LogP contribution is 2.86. The lowest BCUT2D eigenvalue weighted by Gasteiger charge is -2.70. The standard InChI is InChI=1S/C16H25B2NO6/c1-13(2)14(3,4)25-18(24-13)16-8-15(9-16,10-16)17-22-11(20)6-19(5)7-12(21)23-17/h6-10H2,1-5H3. The topological polar surface area (TPSA) is 74.3 Å². The first kappa shape index (κ1) is 17.4. The molecule has 3 saturated carbocycles. The van der Waals surface area contributed by atoms with Gasteiger partial charge < -0.3 is 18.6 Å². The zero-order chi connectivity index (χ0) is 18.3. The third-order valence-corrected chi connectivity index (χ3v) is 6.64. The van der Waals surface area contributed by atoms with Gasteiger partial charge in [-0.25, -0.2) is 0 Å². The second-order valence-corrected chi connectivity index (χ2v) is 9.33. The van der Waals surface area contributed by atoms with Crippen LogP contribution in [-0.2, 0) is 28.2 Å². The largest absolute Gasteiger partial charge is 0.605 e. The van der Waals surface area contributed by atoms with E-state index in [1.165, 1.54) is 0 Å². The zero-order valence-corrected chi connectivity index (χ0v) is 15.6. The molecule has 0 radical (unpaired) electrons. The van der Waals surface area contributed by atoms with Crippen LogP contribution in [0.4, 0.5) is 0 Å². The molecule has 2 bridgehead atoms. The fourth-order valence-corrected chi connectivity index (χ4v) is 4.63. The molecule has 0 aromatic rings. The van der Waals surface area contributed by atoms with E-state index in [0.29, 0.717) is 0 Å². The Morgan fingerprint density at radius 2 is 1.20 bits per heavy atom. The maximum Gasteiger partial charge on any atom is 0.605 e. The van der Waals surface area contributed by atoms with Gasteiger partial charge in [0.1, 0.15) is 0 Å². The van der Waals surface area contributed by atoms with Gasteiger partial charge in [0.15, 0.2) is 0 Å². The molecule has 0 unspecified atom stereocenters. The van der Waals surface area contributed by atoms with E-state index in [4.69, 9.17) is 18.6 Å². The van der Waals surface area contributed by atoms with Gasteiger partial charge in [0.25, 0.3) is 0 Å². The number of hydrogen-bond donors (Lipinski definition) is 0. The number of hydrogen-bond acceptors (Lipinski definition) is 7. The van der Waals surface area contributed by atoms with Gasteiger partial charge in [-0.05, 0) is 54.0 Å². The number of carbonyl (C=O) groups is 2. The van der Waals surface area contributed by atoms with Crippen LogP contribution >= 0.6 is 0 Å². The molecule has 0 spiro atoms. The lowest BCUT2D eigenvalue weighted by molar-refractivity contribution is -0.149. The molecule has 0 aromatic carbocycles. The van der Waals surface area contributed by atoms with Crippen molar-refractivity contribution in [1.82, 2.24) is 4.90 Å². The third-order valence-electron chi connectivity index (χ3n) is 6.64. The summed E-state index contributed by atoms with van der Waals surface area (Å²) in [5.74, 6) is -0.705. The lowest BCUT2D eigenvalue weighted by Crippen LogP contribution is -2.67. The van der Waals surface area contributed by atoms with Gasteiger partial charge in [-0.15, -0.1) is 0 Å². The zero-order valence-electron chi connectivity index (χ0n) is 15.6. The van der Waals surface area contributed by atoms with Crippen LogP contribution in [0.3, 0.4) is 0 Å². The smallest absolute Gasteiger partial charge is 0.498 e. The first-order valence-corrected chi connectivity index (χ1v) is 8.90. The second-order valence-electron chi connectivity index (χ2n) is 9.33. The highest BCUT2D eigenvalue weighted by Gasteiger charge is 2.82. The molecule has 2 saturated heterocycles. The minimum absolute atomic E-state index is 0.0526. The van der Waals surface area contributed by atoms with Gasteiger partial charge in [-0.2, -0.15) is 0 Å². The molecule has 9 heteroatoms. The van der Waals surface area contributed by atoms with Gasteiger partial charge in [-0.1, -0.05) is 0 Å². The summed E-state index contributed by atoms with van der Waals surface area (Å²) < 4.78 is 23.3. The van der Waals surface area contributed by atoms with Crippen LogP contribution in [0.15, 0.2) is 0 Å². The Kier molecular flexibility index (Phi) is 3.48. The van der Waals surface area contributed by atoms with E-state index in [1.807, 2.05) is 27.7 Å². The molecule has 3 aliphatic carbocycles. The summed E-state index contributed by atoms with van der Waals surface area (Å²) in [4.78, 5) is 25.5. The van der Waals surface area contributed by atoms with Crippen LogP contribution in [0.1, 0.15) is 47.0 Å². The molecule has 0 N–H and O–H groups in total. The summed E-state index contributed by atoms with van der Waals surface area (Å²) in [6.07, 6.45) is 2.37. The molecule has 0 atom stereocenters. The van der Waals surface area contributed by atoms with Crippen molar-refractivity contribution in [3.8, 4) is 0 Å². The third kappa shape index (κ3) is 2.46. The monoisotopic (exact) mass is 349 g/mol. The summed E-state index contributed by atoms with van der Waals surface area (Å²) in [7, 11) is 0.646. The molecule has 136 valence electrons. The predicted octanol–water partition coefficient (Wildman–Crippen LogP) is 1.28. The van der Waals surface area contributed by atoms with Crippen LogP contribution < -0.4 is 0 Å². The molecular formula is C16H25B2NO6. The van der Waals surface area contributed by atoms with E-state index in [0.717, 1.165) is 19.3 Å². The number of likely N-dealkylation sites (N-methyl/N-ethyl adjacent to an activating group) is 1. The van der Waals surface area contributed by atoms with Crippen LogP contribution in [0.5, 0.6) is 0 Å². The minimum atomic E-state index is -0.787. The Bertz CT molecular complexity index is 580.